The zero-order valence-electron chi connectivity index (χ0n) is 29.8. The van der Waals surface area contributed by atoms with Crippen LogP contribution >= 0.6 is 0 Å². The number of para-hydroxylation sites is 2. The minimum Gasteiger partial charge on any atom is -0.254 e. The largest absolute Gasteiger partial charge is 0.254 e. The van der Waals surface area contributed by atoms with Gasteiger partial charge in [-0.3, -0.25) is 4.99 Å². The molecule has 0 saturated heterocycles. The number of hydrogen-bond donors (Lipinski definition) is 0. The summed E-state index contributed by atoms with van der Waals surface area (Å²) in [5, 5.41) is 0. The van der Waals surface area contributed by atoms with Crippen molar-refractivity contribution in [1.29, 1.82) is 0 Å². The van der Waals surface area contributed by atoms with Crippen LogP contribution in [-0.4, -0.2) is 11.9 Å². The second-order valence-electron chi connectivity index (χ2n) is 13.3. The van der Waals surface area contributed by atoms with E-state index >= 15 is 0 Å². The molecule has 0 aliphatic heterocycles. The Morgan fingerprint density at radius 2 is 0.804 bits per heavy atom. The van der Waals surface area contributed by atoms with Crippen LogP contribution in [0.5, 0.6) is 0 Å². The Bertz CT molecular complexity index is 1040. The van der Waals surface area contributed by atoms with Gasteiger partial charge in [-0.1, -0.05) is 210 Å². The van der Waals surface area contributed by atoms with Crippen LogP contribution in [0.2, 0.25) is 0 Å². The molecule has 0 radical (unpaired) electrons. The second-order valence-corrected chi connectivity index (χ2v) is 13.3. The van der Waals surface area contributed by atoms with Crippen LogP contribution in [0.25, 0.3) is 0 Å². The molecule has 0 N–H and O–H groups in total. The molecule has 0 aliphatic carbocycles. The minimum absolute atomic E-state index is 0.713. The third kappa shape index (κ3) is 24.6. The van der Waals surface area contributed by atoms with Crippen molar-refractivity contribution in [3.8, 4) is 11.8 Å². The van der Waals surface area contributed by atoms with Gasteiger partial charge in [-0.25, -0.2) is 4.99 Å². The Morgan fingerprint density at radius 3 is 1.20 bits per heavy atom. The molecular weight excluding hydrogens is 556 g/mol. The maximum Gasteiger partial charge on any atom is 0.132 e. The molecule has 0 aliphatic rings. The lowest BCUT2D eigenvalue weighted by atomic mass is 10.0. The van der Waals surface area contributed by atoms with Gasteiger partial charge in [0.15, 0.2) is 0 Å². The first-order valence-electron chi connectivity index (χ1n) is 19.6. The summed E-state index contributed by atoms with van der Waals surface area (Å²) in [4.78, 5) is 9.26. The topological polar surface area (TPSA) is 24.7 Å². The molecule has 0 amide bonds. The number of rotatable bonds is 29. The van der Waals surface area contributed by atoms with Crippen molar-refractivity contribution < 1.29 is 0 Å². The molecule has 0 bridgehead atoms. The van der Waals surface area contributed by atoms with Gasteiger partial charge in [0, 0.05) is 6.42 Å². The Hall–Kier alpha value is -2.66. The second kappa shape index (κ2) is 31.0. The molecule has 0 aromatic heterocycles. The van der Waals surface area contributed by atoms with Crippen molar-refractivity contribution in [3.05, 3.63) is 60.7 Å². The minimum atomic E-state index is 0.713. The third-order valence-electron chi connectivity index (χ3n) is 8.97. The van der Waals surface area contributed by atoms with E-state index in [1.54, 1.807) is 6.21 Å². The van der Waals surface area contributed by atoms with E-state index in [-0.39, 0.29) is 0 Å². The summed E-state index contributed by atoms with van der Waals surface area (Å²) in [5.74, 6) is 6.60. The molecule has 0 saturated carbocycles. The van der Waals surface area contributed by atoms with Crippen molar-refractivity contribution in [2.45, 2.75) is 180 Å². The van der Waals surface area contributed by atoms with E-state index in [2.05, 4.69) is 23.8 Å². The Balaban J connectivity index is 1.35. The molecule has 0 atom stereocenters. The first-order valence-corrected chi connectivity index (χ1v) is 19.6. The summed E-state index contributed by atoms with van der Waals surface area (Å²) < 4.78 is 0. The molecule has 0 fully saturated rings. The molecule has 2 heteroatoms. The molecular formula is C44H68N2. The van der Waals surface area contributed by atoms with Gasteiger partial charge in [0.1, 0.15) is 5.71 Å². The van der Waals surface area contributed by atoms with E-state index in [0.717, 1.165) is 17.8 Å². The predicted octanol–water partition coefficient (Wildman–Crippen LogP) is 14.7. The monoisotopic (exact) mass is 625 g/mol. The van der Waals surface area contributed by atoms with Crippen molar-refractivity contribution in [2.75, 3.05) is 0 Å². The zero-order valence-corrected chi connectivity index (χ0v) is 29.8. The summed E-state index contributed by atoms with van der Waals surface area (Å²) in [6.07, 6.45) is 39.8. The van der Waals surface area contributed by atoms with Crippen LogP contribution in [0.1, 0.15) is 180 Å². The van der Waals surface area contributed by atoms with Crippen molar-refractivity contribution >= 4 is 23.3 Å². The molecule has 2 nitrogen and oxygen atoms in total. The predicted molar refractivity (Wildman–Crippen MR) is 206 cm³/mol. The maximum absolute atomic E-state index is 4.70. The van der Waals surface area contributed by atoms with E-state index in [1.165, 1.54) is 167 Å². The Labute approximate surface area is 285 Å². The first kappa shape index (κ1) is 39.5. The molecule has 0 heterocycles. The Morgan fingerprint density at radius 1 is 0.457 bits per heavy atom. The number of nitrogens with zero attached hydrogens (tertiary/aromatic N) is 2. The number of hydrogen-bond acceptors (Lipinski definition) is 2. The highest BCUT2D eigenvalue weighted by Crippen LogP contribution is 2.16. The summed E-state index contributed by atoms with van der Waals surface area (Å²) in [6.45, 7) is 2.30. The summed E-state index contributed by atoms with van der Waals surface area (Å²) in [6, 6.07) is 20.0. The van der Waals surface area contributed by atoms with Crippen molar-refractivity contribution in [3.63, 3.8) is 0 Å². The fourth-order valence-electron chi connectivity index (χ4n) is 6.06. The molecule has 0 unspecified atom stereocenters. The standard InChI is InChI=1S/C44H68N2/c1-2-3-4-5-6-7-8-9-10-11-12-13-14-15-16-17-18-19-20-21-22-23-24-25-26-27-28-31-40-44(46-43-38-34-30-35-39-43)41-45-42-36-32-29-33-37-42/h29-30,32-39,41H,2-28H2,1H3. The lowest BCUT2D eigenvalue weighted by Gasteiger charge is -2.04. The molecule has 2 aromatic carbocycles. The fraction of sp³-hybridized carbons (Fsp3) is 0.636. The van der Waals surface area contributed by atoms with Gasteiger partial charge in [-0.05, 0) is 36.6 Å². The maximum atomic E-state index is 4.70. The van der Waals surface area contributed by atoms with Gasteiger partial charge in [0.05, 0.1) is 17.6 Å². The van der Waals surface area contributed by atoms with E-state index in [1.807, 2.05) is 60.7 Å². The molecule has 2 rings (SSSR count). The first-order chi connectivity index (χ1) is 22.9. The van der Waals surface area contributed by atoms with Gasteiger partial charge in [0.2, 0.25) is 0 Å². The molecule has 254 valence electrons. The van der Waals surface area contributed by atoms with Crippen molar-refractivity contribution in [1.82, 2.24) is 0 Å². The van der Waals surface area contributed by atoms with Crippen LogP contribution in [0, 0.1) is 11.8 Å². The zero-order chi connectivity index (χ0) is 32.4. The molecule has 0 spiro atoms. The lowest BCUT2D eigenvalue weighted by molar-refractivity contribution is 0.515. The van der Waals surface area contributed by atoms with Crippen LogP contribution in [0.3, 0.4) is 0 Å². The van der Waals surface area contributed by atoms with Crippen LogP contribution in [0.15, 0.2) is 70.6 Å². The average Bonchev–Trinajstić information content (AvgIpc) is 3.09. The lowest BCUT2D eigenvalue weighted by Crippen LogP contribution is -1.95. The number of unbranched alkanes of at least 4 members (excludes halogenated alkanes) is 26. The third-order valence-corrected chi connectivity index (χ3v) is 8.97. The van der Waals surface area contributed by atoms with E-state index in [9.17, 15) is 0 Å². The highest BCUT2D eigenvalue weighted by molar-refractivity contribution is 6.39. The quantitative estimate of drug-likeness (QED) is 0.0489. The molecule has 2 aromatic rings. The van der Waals surface area contributed by atoms with Gasteiger partial charge in [-0.2, -0.15) is 0 Å². The highest BCUT2D eigenvalue weighted by atomic mass is 14.8. The van der Waals surface area contributed by atoms with Gasteiger partial charge in [-0.15, -0.1) is 0 Å². The SMILES string of the molecule is CCCCCCCCCCCCCCCCCCCCCCCCCCCCC#CC(C=Nc1ccccc1)=Nc1ccccc1. The van der Waals surface area contributed by atoms with Crippen LogP contribution in [-0.2, 0) is 0 Å². The van der Waals surface area contributed by atoms with Gasteiger partial charge in [0.25, 0.3) is 0 Å². The summed E-state index contributed by atoms with van der Waals surface area (Å²) in [7, 11) is 0. The molecule has 46 heavy (non-hydrogen) atoms. The summed E-state index contributed by atoms with van der Waals surface area (Å²) >= 11 is 0. The average molecular weight is 625 g/mol. The van der Waals surface area contributed by atoms with E-state index in [0.29, 0.717) is 5.71 Å². The van der Waals surface area contributed by atoms with Crippen LogP contribution < -0.4 is 0 Å². The normalized spacial score (nSPS) is 11.6. The fourth-order valence-corrected chi connectivity index (χ4v) is 6.06. The van der Waals surface area contributed by atoms with Gasteiger partial charge >= 0.3 is 0 Å². The Kier molecular flexibility index (Phi) is 26.6. The smallest absolute Gasteiger partial charge is 0.132 e. The number of aliphatic imine (C=N–C) groups is 2. The van der Waals surface area contributed by atoms with E-state index < -0.39 is 0 Å². The van der Waals surface area contributed by atoms with Crippen molar-refractivity contribution in [2.24, 2.45) is 9.98 Å². The summed E-state index contributed by atoms with van der Waals surface area (Å²) in [5.41, 5.74) is 2.54. The van der Waals surface area contributed by atoms with Crippen LogP contribution in [0.4, 0.5) is 11.4 Å². The highest BCUT2D eigenvalue weighted by Gasteiger charge is 1.97. The number of benzene rings is 2. The van der Waals surface area contributed by atoms with Gasteiger partial charge < -0.3 is 0 Å². The van der Waals surface area contributed by atoms with E-state index in [4.69, 9.17) is 4.99 Å².